The fourth-order valence-electron chi connectivity index (χ4n) is 1.50. The molecule has 0 bridgehead atoms. The fraction of sp³-hybridized carbons (Fsp3) is 0.667. The maximum atomic E-state index is 5.55. The molecule has 0 unspecified atom stereocenters. The van der Waals surface area contributed by atoms with Crippen LogP contribution < -0.4 is 9.64 Å². The van der Waals surface area contributed by atoms with Crippen molar-refractivity contribution in [2.24, 2.45) is 0 Å². The molecule has 0 aliphatic rings. The molecule has 0 atom stereocenters. The summed E-state index contributed by atoms with van der Waals surface area (Å²) in [5.41, 5.74) is 0. The van der Waals surface area contributed by atoms with Gasteiger partial charge in [0.2, 0.25) is 5.88 Å². The van der Waals surface area contributed by atoms with Crippen molar-refractivity contribution in [2.75, 3.05) is 43.7 Å². The van der Waals surface area contributed by atoms with E-state index >= 15 is 0 Å². The van der Waals surface area contributed by atoms with Gasteiger partial charge in [-0.25, -0.2) is 9.97 Å². The molecule has 0 fully saturated rings. The number of anilines is 1. The largest absolute Gasteiger partial charge is 0.478 e. The summed E-state index contributed by atoms with van der Waals surface area (Å²) in [5, 5.41) is 0. The van der Waals surface area contributed by atoms with Gasteiger partial charge in [-0.1, -0.05) is 0 Å². The summed E-state index contributed by atoms with van der Waals surface area (Å²) in [5.74, 6) is 1.97. The first-order valence-electron chi connectivity index (χ1n) is 6.15. The van der Waals surface area contributed by atoms with Gasteiger partial charge in [-0.2, -0.15) is 0 Å². The Bertz CT molecular complexity index is 339. The zero-order valence-electron chi connectivity index (χ0n) is 10.9. The first-order chi connectivity index (χ1) is 8.81. The normalized spacial score (nSPS) is 10.4. The molecule has 1 heterocycles. The van der Waals surface area contributed by atoms with Gasteiger partial charge in [0.05, 0.1) is 19.8 Å². The lowest BCUT2D eigenvalue weighted by molar-refractivity contribution is 0.155. The maximum absolute atomic E-state index is 5.55. The lowest BCUT2D eigenvalue weighted by Crippen LogP contribution is -2.28. The maximum Gasteiger partial charge on any atom is 0.218 e. The minimum absolute atomic E-state index is 0.522. The predicted molar refractivity (Wildman–Crippen MR) is 72.6 cm³/mol. The zero-order chi connectivity index (χ0) is 13.2. The highest BCUT2D eigenvalue weighted by Gasteiger charge is 2.07. The summed E-state index contributed by atoms with van der Waals surface area (Å²) in [7, 11) is 0. The number of nitrogens with zero attached hydrogens (tertiary/aromatic N) is 3. The first-order valence-corrected chi connectivity index (χ1v) is 6.68. The smallest absolute Gasteiger partial charge is 0.218 e. The van der Waals surface area contributed by atoms with E-state index in [2.05, 4.69) is 21.8 Å². The molecule has 0 spiro atoms. The Kier molecular flexibility index (Phi) is 7.44. The average Bonchev–Trinajstić information content (AvgIpc) is 2.40. The molecule has 1 aromatic rings. The molecule has 0 aliphatic heterocycles. The van der Waals surface area contributed by atoms with Crippen LogP contribution in [0.25, 0.3) is 0 Å². The van der Waals surface area contributed by atoms with E-state index in [-0.39, 0.29) is 0 Å². The van der Waals surface area contributed by atoms with Crippen molar-refractivity contribution in [1.82, 2.24) is 9.97 Å². The number of hydrogen-bond acceptors (Lipinski definition) is 5. The highest BCUT2D eigenvalue weighted by Crippen LogP contribution is 2.15. The van der Waals surface area contributed by atoms with Crippen LogP contribution in [0, 0.1) is 0 Å². The summed E-state index contributed by atoms with van der Waals surface area (Å²) in [4.78, 5) is 10.4. The van der Waals surface area contributed by atoms with E-state index in [1.165, 1.54) is 6.33 Å². The third-order valence-corrected chi connectivity index (χ3v) is 2.51. The van der Waals surface area contributed by atoms with E-state index < -0.39 is 0 Å². The van der Waals surface area contributed by atoms with E-state index in [1.54, 1.807) is 0 Å². The van der Waals surface area contributed by atoms with Crippen molar-refractivity contribution < 1.29 is 9.47 Å². The molecule has 0 aliphatic carbocycles. The van der Waals surface area contributed by atoms with E-state index in [0.717, 1.165) is 18.9 Å². The summed E-state index contributed by atoms with van der Waals surface area (Å²) >= 11 is 5.55. The topological polar surface area (TPSA) is 47.5 Å². The van der Waals surface area contributed by atoms with E-state index in [0.29, 0.717) is 31.6 Å². The quantitative estimate of drug-likeness (QED) is 0.508. The lowest BCUT2D eigenvalue weighted by Gasteiger charge is -2.21. The Balaban J connectivity index is 2.54. The third-order valence-electron chi connectivity index (χ3n) is 2.35. The monoisotopic (exact) mass is 273 g/mol. The Morgan fingerprint density at radius 3 is 2.78 bits per heavy atom. The van der Waals surface area contributed by atoms with Crippen LogP contribution in [0.5, 0.6) is 5.88 Å². The Morgan fingerprint density at radius 2 is 2.11 bits per heavy atom. The molecule has 0 amide bonds. The number of alkyl halides is 1. The van der Waals surface area contributed by atoms with Gasteiger partial charge in [-0.3, -0.25) is 0 Å². The van der Waals surface area contributed by atoms with Gasteiger partial charge in [-0.15, -0.1) is 11.6 Å². The molecule has 102 valence electrons. The van der Waals surface area contributed by atoms with Gasteiger partial charge in [-0.05, 0) is 13.8 Å². The predicted octanol–water partition coefficient (Wildman–Crippen LogP) is 1.96. The standard InChI is InChI=1S/C12H20ClN3O2/c1-3-16(6-8-17-7-5-13)11-9-12(18-4-2)15-10-14-11/h9-10H,3-8H2,1-2H3. The van der Waals surface area contributed by atoms with Crippen molar-refractivity contribution in [3.8, 4) is 5.88 Å². The summed E-state index contributed by atoms with van der Waals surface area (Å²) in [6.07, 6.45) is 1.52. The highest BCUT2D eigenvalue weighted by molar-refractivity contribution is 6.17. The second-order valence-electron chi connectivity index (χ2n) is 3.53. The van der Waals surface area contributed by atoms with Gasteiger partial charge in [0.1, 0.15) is 12.1 Å². The fourth-order valence-corrected chi connectivity index (χ4v) is 1.60. The molecule has 0 saturated carbocycles. The minimum Gasteiger partial charge on any atom is -0.478 e. The van der Waals surface area contributed by atoms with Crippen molar-refractivity contribution in [3.05, 3.63) is 12.4 Å². The summed E-state index contributed by atoms with van der Waals surface area (Å²) < 4.78 is 10.7. The van der Waals surface area contributed by atoms with Gasteiger partial charge >= 0.3 is 0 Å². The number of hydrogen-bond donors (Lipinski definition) is 0. The number of likely N-dealkylation sites (N-methyl/N-ethyl adjacent to an activating group) is 1. The van der Waals surface area contributed by atoms with E-state index in [9.17, 15) is 0 Å². The van der Waals surface area contributed by atoms with Crippen LogP contribution >= 0.6 is 11.6 Å². The number of rotatable bonds is 9. The van der Waals surface area contributed by atoms with Gasteiger partial charge in [0.15, 0.2) is 0 Å². The minimum atomic E-state index is 0.522. The highest BCUT2D eigenvalue weighted by atomic mass is 35.5. The molecule has 5 nitrogen and oxygen atoms in total. The third kappa shape index (κ3) is 5.06. The molecule has 0 aromatic carbocycles. The van der Waals surface area contributed by atoms with Crippen LogP contribution in [0.2, 0.25) is 0 Å². The van der Waals surface area contributed by atoms with Crippen LogP contribution in [0.1, 0.15) is 13.8 Å². The van der Waals surface area contributed by atoms with Crippen LogP contribution in [0.15, 0.2) is 12.4 Å². The lowest BCUT2D eigenvalue weighted by atomic mass is 10.4. The van der Waals surface area contributed by atoms with Crippen molar-refractivity contribution in [3.63, 3.8) is 0 Å². The second kappa shape index (κ2) is 8.94. The van der Waals surface area contributed by atoms with Crippen molar-refractivity contribution in [1.29, 1.82) is 0 Å². The van der Waals surface area contributed by atoms with Gasteiger partial charge in [0, 0.05) is 25.0 Å². The number of ether oxygens (including phenoxy) is 2. The molecule has 0 radical (unpaired) electrons. The second-order valence-corrected chi connectivity index (χ2v) is 3.91. The summed E-state index contributed by atoms with van der Waals surface area (Å²) in [6.45, 7) is 7.44. The van der Waals surface area contributed by atoms with E-state index in [4.69, 9.17) is 21.1 Å². The molecule has 18 heavy (non-hydrogen) atoms. The molecule has 0 saturated heterocycles. The van der Waals surface area contributed by atoms with E-state index in [1.807, 2.05) is 13.0 Å². The zero-order valence-corrected chi connectivity index (χ0v) is 11.7. The molecule has 1 rings (SSSR count). The molecule has 0 N–H and O–H groups in total. The molecular weight excluding hydrogens is 254 g/mol. The first kappa shape index (κ1) is 15.0. The number of aromatic nitrogens is 2. The van der Waals surface area contributed by atoms with Crippen molar-refractivity contribution >= 4 is 17.4 Å². The van der Waals surface area contributed by atoms with Gasteiger partial charge in [0.25, 0.3) is 0 Å². The van der Waals surface area contributed by atoms with Crippen LogP contribution in [0.3, 0.4) is 0 Å². The Labute approximate surface area is 113 Å². The molecule has 1 aromatic heterocycles. The average molecular weight is 274 g/mol. The SMILES string of the molecule is CCOc1cc(N(CC)CCOCCCl)ncn1. The Morgan fingerprint density at radius 1 is 1.28 bits per heavy atom. The van der Waals surface area contributed by atoms with Crippen LogP contribution in [-0.2, 0) is 4.74 Å². The Hall–Kier alpha value is -1.07. The molecule has 6 heteroatoms. The number of halogens is 1. The van der Waals surface area contributed by atoms with Crippen LogP contribution in [0.4, 0.5) is 5.82 Å². The van der Waals surface area contributed by atoms with Crippen LogP contribution in [-0.4, -0.2) is 48.8 Å². The van der Waals surface area contributed by atoms with Gasteiger partial charge < -0.3 is 14.4 Å². The summed E-state index contributed by atoms with van der Waals surface area (Å²) in [6, 6.07) is 1.84. The molecular formula is C12H20ClN3O2. The van der Waals surface area contributed by atoms with Crippen molar-refractivity contribution in [2.45, 2.75) is 13.8 Å².